The maximum Gasteiger partial charge on any atom is 0.255 e. The van der Waals surface area contributed by atoms with Crippen molar-refractivity contribution in [3.63, 3.8) is 0 Å². The van der Waals surface area contributed by atoms with Crippen LogP contribution in [0.3, 0.4) is 0 Å². The van der Waals surface area contributed by atoms with Gasteiger partial charge in [-0.1, -0.05) is 54.1 Å². The number of aromatic nitrogens is 1. The topological polar surface area (TPSA) is 42.1 Å². The van der Waals surface area contributed by atoms with Gasteiger partial charge in [-0.2, -0.15) is 0 Å². The summed E-state index contributed by atoms with van der Waals surface area (Å²) in [6.45, 7) is 0.428. The lowest BCUT2D eigenvalue weighted by molar-refractivity contribution is 0.302. The van der Waals surface area contributed by atoms with Gasteiger partial charge in [0.1, 0.15) is 12.4 Å². The molecule has 0 saturated carbocycles. The van der Waals surface area contributed by atoms with E-state index in [-0.39, 0.29) is 5.56 Å². The second-order valence-corrected chi connectivity index (χ2v) is 5.66. The van der Waals surface area contributed by atoms with Crippen LogP contribution in [-0.4, -0.2) is 4.98 Å². The van der Waals surface area contributed by atoms with Crippen molar-refractivity contribution in [3.8, 4) is 5.75 Å². The van der Waals surface area contributed by atoms with Gasteiger partial charge in [0.25, 0.3) is 5.56 Å². The monoisotopic (exact) mass is 325 g/mol. The smallest absolute Gasteiger partial charge is 0.255 e. The lowest BCUT2D eigenvalue weighted by atomic mass is 10.1. The van der Waals surface area contributed by atoms with Gasteiger partial charge in [-0.05, 0) is 29.3 Å². The molecule has 0 radical (unpaired) electrons. The first-order valence-corrected chi connectivity index (χ1v) is 7.72. The second kappa shape index (κ2) is 7.16. The number of hydrogen-bond donors (Lipinski definition) is 1. The zero-order chi connectivity index (χ0) is 16.1. The van der Waals surface area contributed by atoms with Crippen LogP contribution in [0.15, 0.2) is 71.7 Å². The number of pyridine rings is 1. The third kappa shape index (κ3) is 4.02. The molecule has 1 heterocycles. The second-order valence-electron chi connectivity index (χ2n) is 5.23. The average molecular weight is 326 g/mol. The fourth-order valence-corrected chi connectivity index (χ4v) is 2.46. The number of benzene rings is 2. The summed E-state index contributed by atoms with van der Waals surface area (Å²) in [5.41, 5.74) is 2.55. The first-order chi connectivity index (χ1) is 11.2. The standard InChI is InChI=1S/C19H16ClNO2/c20-16-8-6-14(7-9-16)12-17-18(10-11-21-19(17)22)23-13-15-4-2-1-3-5-15/h1-11H,12-13H2,(H,21,22). The summed E-state index contributed by atoms with van der Waals surface area (Å²) in [4.78, 5) is 14.9. The highest BCUT2D eigenvalue weighted by Crippen LogP contribution is 2.20. The van der Waals surface area contributed by atoms with Crippen LogP contribution >= 0.6 is 11.6 Å². The minimum atomic E-state index is -0.134. The molecule has 116 valence electrons. The van der Waals surface area contributed by atoms with Crippen LogP contribution in [0.2, 0.25) is 5.02 Å². The SMILES string of the molecule is O=c1[nH]ccc(OCc2ccccc2)c1Cc1ccc(Cl)cc1. The van der Waals surface area contributed by atoms with E-state index in [0.29, 0.717) is 29.4 Å². The van der Waals surface area contributed by atoms with Crippen molar-refractivity contribution in [1.82, 2.24) is 4.98 Å². The largest absolute Gasteiger partial charge is 0.488 e. The molecule has 0 unspecified atom stereocenters. The molecule has 1 N–H and O–H groups in total. The van der Waals surface area contributed by atoms with Gasteiger partial charge < -0.3 is 9.72 Å². The number of H-pyrrole nitrogens is 1. The predicted octanol–water partition coefficient (Wildman–Crippen LogP) is 4.20. The fraction of sp³-hybridized carbons (Fsp3) is 0.105. The quantitative estimate of drug-likeness (QED) is 0.764. The number of rotatable bonds is 5. The van der Waals surface area contributed by atoms with Crippen molar-refractivity contribution in [1.29, 1.82) is 0 Å². The highest BCUT2D eigenvalue weighted by Gasteiger charge is 2.10. The van der Waals surface area contributed by atoms with Gasteiger partial charge in [0, 0.05) is 17.6 Å². The Morgan fingerprint density at radius 3 is 2.39 bits per heavy atom. The molecule has 0 aliphatic rings. The van der Waals surface area contributed by atoms with Gasteiger partial charge in [-0.3, -0.25) is 4.79 Å². The molecule has 23 heavy (non-hydrogen) atoms. The zero-order valence-electron chi connectivity index (χ0n) is 12.5. The van der Waals surface area contributed by atoms with Crippen LogP contribution in [0.25, 0.3) is 0 Å². The van der Waals surface area contributed by atoms with Crippen LogP contribution in [-0.2, 0) is 13.0 Å². The van der Waals surface area contributed by atoms with Crippen LogP contribution in [0.4, 0.5) is 0 Å². The molecule has 3 rings (SSSR count). The molecule has 0 amide bonds. The molecular formula is C19H16ClNO2. The van der Waals surface area contributed by atoms with Crippen molar-refractivity contribution in [2.45, 2.75) is 13.0 Å². The van der Waals surface area contributed by atoms with Gasteiger partial charge in [-0.15, -0.1) is 0 Å². The first kappa shape index (κ1) is 15.4. The summed E-state index contributed by atoms with van der Waals surface area (Å²) in [5, 5.41) is 0.677. The van der Waals surface area contributed by atoms with E-state index in [9.17, 15) is 4.79 Å². The molecule has 2 aromatic carbocycles. The van der Waals surface area contributed by atoms with Gasteiger partial charge >= 0.3 is 0 Å². The van der Waals surface area contributed by atoms with E-state index >= 15 is 0 Å². The lowest BCUT2D eigenvalue weighted by Crippen LogP contribution is -2.14. The van der Waals surface area contributed by atoms with E-state index < -0.39 is 0 Å². The van der Waals surface area contributed by atoms with Crippen LogP contribution in [0, 0.1) is 0 Å². The van der Waals surface area contributed by atoms with Gasteiger partial charge in [-0.25, -0.2) is 0 Å². The number of hydrogen-bond acceptors (Lipinski definition) is 2. The Morgan fingerprint density at radius 2 is 1.65 bits per heavy atom. The number of aromatic amines is 1. The summed E-state index contributed by atoms with van der Waals surface area (Å²) >= 11 is 5.90. The Bertz CT molecular complexity index is 826. The first-order valence-electron chi connectivity index (χ1n) is 7.34. The van der Waals surface area contributed by atoms with E-state index in [1.54, 1.807) is 12.3 Å². The lowest BCUT2D eigenvalue weighted by Gasteiger charge is -2.11. The summed E-state index contributed by atoms with van der Waals surface area (Å²) in [6.07, 6.45) is 2.10. The van der Waals surface area contributed by atoms with Crippen LogP contribution in [0.1, 0.15) is 16.7 Å². The average Bonchev–Trinajstić information content (AvgIpc) is 2.58. The number of ether oxygens (including phenoxy) is 1. The Hall–Kier alpha value is -2.52. The Labute approximate surface area is 139 Å². The molecule has 0 saturated heterocycles. The maximum absolute atomic E-state index is 12.2. The van der Waals surface area contributed by atoms with Crippen molar-refractivity contribution in [2.75, 3.05) is 0 Å². The normalized spacial score (nSPS) is 10.5. The molecule has 0 aliphatic heterocycles. The van der Waals surface area contributed by atoms with Crippen molar-refractivity contribution < 1.29 is 4.74 Å². The predicted molar refractivity (Wildman–Crippen MR) is 92.1 cm³/mol. The summed E-state index contributed by atoms with van der Waals surface area (Å²) in [6, 6.07) is 19.1. The van der Waals surface area contributed by atoms with Crippen molar-refractivity contribution in [3.05, 3.63) is 98.9 Å². The van der Waals surface area contributed by atoms with Crippen LogP contribution < -0.4 is 10.3 Å². The van der Waals surface area contributed by atoms with E-state index in [0.717, 1.165) is 11.1 Å². The molecular weight excluding hydrogens is 310 g/mol. The Kier molecular flexibility index (Phi) is 4.79. The van der Waals surface area contributed by atoms with E-state index in [4.69, 9.17) is 16.3 Å². The minimum absolute atomic E-state index is 0.134. The summed E-state index contributed by atoms with van der Waals surface area (Å²) < 4.78 is 5.85. The Morgan fingerprint density at radius 1 is 0.913 bits per heavy atom. The third-order valence-electron chi connectivity index (χ3n) is 3.55. The molecule has 4 heteroatoms. The molecule has 0 fully saturated rings. The summed E-state index contributed by atoms with van der Waals surface area (Å²) in [7, 11) is 0. The molecule has 3 aromatic rings. The van der Waals surface area contributed by atoms with Gasteiger partial charge in [0.15, 0.2) is 0 Å². The van der Waals surface area contributed by atoms with Crippen molar-refractivity contribution >= 4 is 11.6 Å². The van der Waals surface area contributed by atoms with E-state index in [1.165, 1.54) is 0 Å². The molecule has 1 aromatic heterocycles. The number of nitrogens with one attached hydrogen (secondary N) is 1. The molecule has 0 aliphatic carbocycles. The highest BCUT2D eigenvalue weighted by molar-refractivity contribution is 6.30. The van der Waals surface area contributed by atoms with Crippen molar-refractivity contribution in [2.24, 2.45) is 0 Å². The molecule has 0 atom stereocenters. The maximum atomic E-state index is 12.2. The summed E-state index contributed by atoms with van der Waals surface area (Å²) in [5.74, 6) is 0.604. The third-order valence-corrected chi connectivity index (χ3v) is 3.80. The molecule has 0 bridgehead atoms. The minimum Gasteiger partial charge on any atom is -0.488 e. The van der Waals surface area contributed by atoms with Crippen LogP contribution in [0.5, 0.6) is 5.75 Å². The van der Waals surface area contributed by atoms with Gasteiger partial charge in [0.05, 0.1) is 5.56 Å². The van der Waals surface area contributed by atoms with Gasteiger partial charge in [0.2, 0.25) is 0 Å². The highest BCUT2D eigenvalue weighted by atomic mass is 35.5. The zero-order valence-corrected chi connectivity index (χ0v) is 13.2. The molecule has 3 nitrogen and oxygen atoms in total. The number of halogens is 1. The van der Waals surface area contributed by atoms with E-state index in [1.807, 2.05) is 54.6 Å². The Balaban J connectivity index is 1.82. The molecule has 0 spiro atoms. The fourth-order valence-electron chi connectivity index (χ4n) is 2.34. The van der Waals surface area contributed by atoms with E-state index in [2.05, 4.69) is 4.98 Å².